The Kier molecular flexibility index (Phi) is 9.29. The van der Waals surface area contributed by atoms with Crippen LogP contribution < -0.4 is 16.0 Å². The summed E-state index contributed by atoms with van der Waals surface area (Å²) in [7, 11) is 0. The summed E-state index contributed by atoms with van der Waals surface area (Å²) in [6, 6.07) is 3.16. The van der Waals surface area contributed by atoms with Crippen LogP contribution in [0.25, 0.3) is 0 Å². The Labute approximate surface area is 145 Å². The highest BCUT2D eigenvalue weighted by Crippen LogP contribution is 2.18. The Morgan fingerprint density at radius 2 is 2.04 bits per heavy atom. The van der Waals surface area contributed by atoms with Gasteiger partial charge in [-0.2, -0.15) is 0 Å². The normalized spacial score (nSPS) is 14.5. The zero-order valence-electron chi connectivity index (χ0n) is 12.3. The van der Waals surface area contributed by atoms with E-state index >= 15 is 0 Å². The summed E-state index contributed by atoms with van der Waals surface area (Å²) in [6.07, 6.45) is 1.57. The van der Waals surface area contributed by atoms with Crippen LogP contribution in [0.3, 0.4) is 0 Å². The molecule has 1 aliphatic rings. The molecule has 0 spiro atoms. The fraction of sp³-hybridized carbons (Fsp3) is 0.538. The second-order valence-corrected chi connectivity index (χ2v) is 4.72. The van der Waals surface area contributed by atoms with E-state index in [-0.39, 0.29) is 30.4 Å². The van der Waals surface area contributed by atoms with Crippen molar-refractivity contribution < 1.29 is 18.3 Å². The lowest BCUT2D eigenvalue weighted by molar-refractivity contribution is 0.0118. The third-order valence-corrected chi connectivity index (χ3v) is 3.15. The van der Waals surface area contributed by atoms with Crippen molar-refractivity contribution in [1.82, 2.24) is 10.3 Å². The van der Waals surface area contributed by atoms with Crippen LogP contribution >= 0.6 is 24.8 Å². The number of amides is 1. The molecule has 0 bridgehead atoms. The molecule has 0 saturated carbocycles. The van der Waals surface area contributed by atoms with Gasteiger partial charge in [0.25, 0.3) is 11.8 Å². The summed E-state index contributed by atoms with van der Waals surface area (Å²) in [5.41, 5.74) is 5.21. The minimum atomic E-state index is -3.11. The van der Waals surface area contributed by atoms with Crippen molar-refractivity contribution in [2.24, 2.45) is 5.73 Å². The Hall–Kier alpha value is -1.22. The fourth-order valence-corrected chi connectivity index (χ4v) is 1.98. The molecule has 1 fully saturated rings. The van der Waals surface area contributed by atoms with Crippen LogP contribution in [0.5, 0.6) is 0 Å². The van der Waals surface area contributed by atoms with Gasteiger partial charge in [-0.1, -0.05) is 0 Å². The molecule has 1 amide bonds. The number of halogens is 4. The molecule has 0 radical (unpaired) electrons. The van der Waals surface area contributed by atoms with Gasteiger partial charge in [-0.3, -0.25) is 4.79 Å². The maximum atomic E-state index is 13.1. The van der Waals surface area contributed by atoms with E-state index in [4.69, 9.17) is 10.5 Å². The maximum absolute atomic E-state index is 13.1. The summed E-state index contributed by atoms with van der Waals surface area (Å²) in [6.45, 7) is 0.703. The fourth-order valence-electron chi connectivity index (χ4n) is 1.98. The molecular formula is C13H20Cl2F2N4O2. The predicted molar refractivity (Wildman–Crippen MR) is 88.1 cm³/mol. The van der Waals surface area contributed by atoms with Crippen LogP contribution in [0, 0.1) is 0 Å². The third kappa shape index (κ3) is 6.06. The van der Waals surface area contributed by atoms with E-state index < -0.39 is 24.9 Å². The van der Waals surface area contributed by atoms with Gasteiger partial charge in [0.1, 0.15) is 5.82 Å². The number of nitrogens with one attached hydrogen (secondary N) is 1. The van der Waals surface area contributed by atoms with E-state index in [1.165, 1.54) is 0 Å². The summed E-state index contributed by atoms with van der Waals surface area (Å²) in [5, 5.41) is 2.20. The molecule has 0 aromatic carbocycles. The van der Waals surface area contributed by atoms with Gasteiger partial charge < -0.3 is 20.7 Å². The highest BCUT2D eigenvalue weighted by Gasteiger charge is 2.28. The number of carbonyl (C=O) groups is 1. The molecule has 6 nitrogen and oxygen atoms in total. The molecule has 1 saturated heterocycles. The number of rotatable bonds is 5. The van der Waals surface area contributed by atoms with Gasteiger partial charge >= 0.3 is 0 Å². The van der Waals surface area contributed by atoms with Crippen LogP contribution in [0.1, 0.15) is 10.4 Å². The second kappa shape index (κ2) is 9.82. The van der Waals surface area contributed by atoms with E-state index in [9.17, 15) is 13.6 Å². The number of aromatic nitrogens is 1. The number of nitrogens with two attached hydrogens (primary N) is 1. The summed E-state index contributed by atoms with van der Waals surface area (Å²) >= 11 is 0. The van der Waals surface area contributed by atoms with Crippen molar-refractivity contribution in [3.63, 3.8) is 0 Å². The molecule has 0 atom stereocenters. The van der Waals surface area contributed by atoms with Crippen molar-refractivity contribution in [2.45, 2.75) is 5.92 Å². The van der Waals surface area contributed by atoms with Gasteiger partial charge in [0.15, 0.2) is 0 Å². The van der Waals surface area contributed by atoms with E-state index in [0.717, 1.165) is 0 Å². The van der Waals surface area contributed by atoms with Crippen LogP contribution in [0.4, 0.5) is 14.6 Å². The SMILES string of the molecule is Cl.Cl.NCC(F)(F)CNC(=O)c1cccnc1N1CCOCC1. The maximum Gasteiger partial charge on any atom is 0.277 e. The summed E-state index contributed by atoms with van der Waals surface area (Å²) < 4.78 is 31.4. The monoisotopic (exact) mass is 372 g/mol. The molecule has 132 valence electrons. The Morgan fingerprint density at radius 3 is 2.65 bits per heavy atom. The zero-order valence-corrected chi connectivity index (χ0v) is 14.0. The van der Waals surface area contributed by atoms with Crippen LogP contribution in [0.2, 0.25) is 0 Å². The summed E-state index contributed by atoms with van der Waals surface area (Å²) in [4.78, 5) is 18.2. The lowest BCUT2D eigenvalue weighted by atomic mass is 10.2. The van der Waals surface area contributed by atoms with E-state index in [1.807, 2.05) is 4.90 Å². The first-order chi connectivity index (χ1) is 10.0. The number of anilines is 1. The third-order valence-electron chi connectivity index (χ3n) is 3.15. The number of morpholine rings is 1. The summed E-state index contributed by atoms with van der Waals surface area (Å²) in [5.74, 6) is -3.22. The first kappa shape index (κ1) is 21.8. The number of carbonyl (C=O) groups excluding carboxylic acids is 1. The number of hydrogen-bond donors (Lipinski definition) is 2. The highest BCUT2D eigenvalue weighted by atomic mass is 35.5. The Balaban J connectivity index is 0.00000242. The molecular weight excluding hydrogens is 353 g/mol. The van der Waals surface area contributed by atoms with Crippen molar-refractivity contribution >= 4 is 36.5 Å². The van der Waals surface area contributed by atoms with Gasteiger partial charge in [-0.25, -0.2) is 13.8 Å². The molecule has 2 rings (SSSR count). The molecule has 2 heterocycles. The molecule has 1 aliphatic heterocycles. The number of nitrogens with zero attached hydrogens (tertiary/aromatic N) is 2. The topological polar surface area (TPSA) is 80.5 Å². The first-order valence-electron chi connectivity index (χ1n) is 6.67. The lowest BCUT2D eigenvalue weighted by Gasteiger charge is -2.29. The van der Waals surface area contributed by atoms with Crippen LogP contribution in [-0.4, -0.2) is 56.2 Å². The van der Waals surface area contributed by atoms with Crippen LogP contribution in [0.15, 0.2) is 18.3 Å². The largest absolute Gasteiger partial charge is 0.378 e. The van der Waals surface area contributed by atoms with Crippen molar-refractivity contribution in [2.75, 3.05) is 44.3 Å². The van der Waals surface area contributed by atoms with Gasteiger partial charge in [0, 0.05) is 19.3 Å². The molecule has 10 heteroatoms. The lowest BCUT2D eigenvalue weighted by Crippen LogP contribution is -2.42. The number of alkyl halides is 2. The van der Waals surface area contributed by atoms with E-state index in [1.54, 1.807) is 18.3 Å². The highest BCUT2D eigenvalue weighted by molar-refractivity contribution is 5.98. The number of hydrogen-bond acceptors (Lipinski definition) is 5. The predicted octanol–water partition coefficient (Wildman–Crippen LogP) is 1.09. The van der Waals surface area contributed by atoms with Crippen molar-refractivity contribution in [1.29, 1.82) is 0 Å². The molecule has 1 aromatic rings. The molecule has 0 aliphatic carbocycles. The van der Waals surface area contributed by atoms with Gasteiger partial charge in [0.05, 0.1) is 31.9 Å². The van der Waals surface area contributed by atoms with Crippen molar-refractivity contribution in [3.8, 4) is 0 Å². The Morgan fingerprint density at radius 1 is 1.39 bits per heavy atom. The first-order valence-corrected chi connectivity index (χ1v) is 6.67. The quantitative estimate of drug-likeness (QED) is 0.808. The van der Waals surface area contributed by atoms with Crippen LogP contribution in [-0.2, 0) is 4.74 Å². The smallest absolute Gasteiger partial charge is 0.277 e. The minimum Gasteiger partial charge on any atom is -0.378 e. The van der Waals surface area contributed by atoms with Crippen molar-refractivity contribution in [3.05, 3.63) is 23.9 Å². The average molecular weight is 373 g/mol. The molecule has 3 N–H and O–H groups in total. The molecule has 23 heavy (non-hydrogen) atoms. The number of ether oxygens (including phenoxy) is 1. The average Bonchev–Trinajstić information content (AvgIpc) is 2.53. The van der Waals surface area contributed by atoms with Gasteiger partial charge in [-0.05, 0) is 12.1 Å². The number of pyridine rings is 1. The minimum absolute atomic E-state index is 0. The van der Waals surface area contributed by atoms with Gasteiger partial charge in [-0.15, -0.1) is 24.8 Å². The molecule has 1 aromatic heterocycles. The van der Waals surface area contributed by atoms with E-state index in [0.29, 0.717) is 32.1 Å². The standard InChI is InChI=1S/C13H18F2N4O2.2ClH/c14-13(15,8-16)9-18-12(20)10-2-1-3-17-11(10)19-4-6-21-7-5-19;;/h1-3H,4-9,16H2,(H,18,20);2*1H. The Bertz CT molecular complexity index is 503. The zero-order chi connectivity index (χ0) is 15.3. The molecule has 0 unspecified atom stereocenters. The van der Waals surface area contributed by atoms with E-state index in [2.05, 4.69) is 10.3 Å². The second-order valence-electron chi connectivity index (χ2n) is 4.72. The van der Waals surface area contributed by atoms with Gasteiger partial charge in [0.2, 0.25) is 0 Å².